The van der Waals surface area contributed by atoms with E-state index in [1.165, 1.54) is 36.8 Å². The Morgan fingerprint density at radius 1 is 1.38 bits per heavy atom. The molecule has 0 saturated heterocycles. The van der Waals surface area contributed by atoms with Gasteiger partial charge >= 0.3 is 0 Å². The molecule has 16 heavy (non-hydrogen) atoms. The first-order valence-corrected chi connectivity index (χ1v) is 6.95. The summed E-state index contributed by atoms with van der Waals surface area (Å²) in [6, 6.07) is 8.21. The van der Waals surface area contributed by atoms with Gasteiger partial charge in [-0.1, -0.05) is 18.9 Å². The van der Waals surface area contributed by atoms with Crippen LogP contribution in [0.2, 0.25) is 0 Å². The largest absolute Gasteiger partial charge is 0.192 e. The lowest BCUT2D eigenvalue weighted by Crippen LogP contribution is -1.96. The molecule has 0 aliphatic heterocycles. The summed E-state index contributed by atoms with van der Waals surface area (Å²) >= 11 is 2.08. The molecule has 2 heteroatoms. The van der Waals surface area contributed by atoms with Crippen LogP contribution in [0.5, 0.6) is 0 Å². The van der Waals surface area contributed by atoms with Gasteiger partial charge in [-0.05, 0) is 43.0 Å². The Hall–Kier alpha value is -0.940. The summed E-state index contributed by atoms with van der Waals surface area (Å²) < 4.78 is 0. The van der Waals surface area contributed by atoms with Crippen LogP contribution in [-0.4, -0.2) is 5.25 Å². The highest BCUT2D eigenvalue weighted by atomic mass is 32.2. The van der Waals surface area contributed by atoms with Gasteiger partial charge in [0.2, 0.25) is 0 Å². The lowest BCUT2D eigenvalue weighted by Gasteiger charge is -2.10. The Labute approximate surface area is 102 Å². The third-order valence-electron chi connectivity index (χ3n) is 3.25. The fourth-order valence-electron chi connectivity index (χ4n) is 2.19. The Kier molecular flexibility index (Phi) is 3.90. The normalized spacial score (nSPS) is 16.2. The van der Waals surface area contributed by atoms with Crippen molar-refractivity contribution >= 4 is 11.8 Å². The van der Waals surface area contributed by atoms with Gasteiger partial charge in [0.1, 0.15) is 0 Å². The topological polar surface area (TPSA) is 23.8 Å². The van der Waals surface area contributed by atoms with E-state index in [-0.39, 0.29) is 0 Å². The number of nitriles is 1. The lowest BCUT2D eigenvalue weighted by atomic mass is 10.1. The standard InChI is InChI=1S/C14H17NS/c1-11-8-12(9-15)6-7-13(11)10-16-14-4-2-3-5-14/h6-8,14H,2-5,10H2,1H3. The molecule has 0 unspecified atom stereocenters. The SMILES string of the molecule is Cc1cc(C#N)ccc1CSC1CCCC1. The molecule has 1 saturated carbocycles. The molecular formula is C14H17NS. The minimum atomic E-state index is 0.770. The van der Waals surface area contributed by atoms with E-state index >= 15 is 0 Å². The molecule has 1 aromatic rings. The van der Waals surface area contributed by atoms with Crippen molar-refractivity contribution in [1.82, 2.24) is 0 Å². The van der Waals surface area contributed by atoms with Crippen LogP contribution < -0.4 is 0 Å². The molecule has 1 nitrogen and oxygen atoms in total. The summed E-state index contributed by atoms with van der Waals surface area (Å²) in [4.78, 5) is 0. The fraction of sp³-hybridized carbons (Fsp3) is 0.500. The Bertz CT molecular complexity index is 400. The van der Waals surface area contributed by atoms with Gasteiger partial charge in [0.25, 0.3) is 0 Å². The summed E-state index contributed by atoms with van der Waals surface area (Å²) in [6.07, 6.45) is 5.59. The molecule has 0 aromatic heterocycles. The van der Waals surface area contributed by atoms with E-state index in [1.54, 1.807) is 0 Å². The van der Waals surface area contributed by atoms with Gasteiger partial charge in [-0.3, -0.25) is 0 Å². The lowest BCUT2D eigenvalue weighted by molar-refractivity contribution is 0.886. The van der Waals surface area contributed by atoms with Crippen molar-refractivity contribution in [2.45, 2.75) is 43.6 Å². The Morgan fingerprint density at radius 2 is 2.12 bits per heavy atom. The van der Waals surface area contributed by atoms with E-state index in [9.17, 15) is 0 Å². The zero-order valence-electron chi connectivity index (χ0n) is 9.70. The number of hydrogen-bond donors (Lipinski definition) is 0. The molecule has 0 spiro atoms. The van der Waals surface area contributed by atoms with Gasteiger partial charge in [0.05, 0.1) is 11.6 Å². The zero-order chi connectivity index (χ0) is 11.4. The molecule has 1 aromatic carbocycles. The second-order valence-electron chi connectivity index (χ2n) is 4.47. The van der Waals surface area contributed by atoms with Crippen molar-refractivity contribution in [3.8, 4) is 6.07 Å². The van der Waals surface area contributed by atoms with Crippen molar-refractivity contribution in [2.75, 3.05) is 0 Å². The van der Waals surface area contributed by atoms with Crippen molar-refractivity contribution in [1.29, 1.82) is 5.26 Å². The Balaban J connectivity index is 1.96. The molecule has 0 heterocycles. The molecule has 1 fully saturated rings. The van der Waals surface area contributed by atoms with E-state index in [2.05, 4.69) is 30.8 Å². The maximum Gasteiger partial charge on any atom is 0.0991 e. The highest BCUT2D eigenvalue weighted by molar-refractivity contribution is 7.99. The average molecular weight is 231 g/mol. The molecule has 2 rings (SSSR count). The summed E-state index contributed by atoms with van der Waals surface area (Å²) in [5.74, 6) is 1.10. The van der Waals surface area contributed by atoms with Crippen LogP contribution in [-0.2, 0) is 5.75 Å². The molecule has 0 N–H and O–H groups in total. The van der Waals surface area contributed by atoms with Crippen LogP contribution in [0.3, 0.4) is 0 Å². The maximum atomic E-state index is 8.80. The minimum Gasteiger partial charge on any atom is -0.192 e. The first-order valence-electron chi connectivity index (χ1n) is 5.91. The van der Waals surface area contributed by atoms with Crippen LogP contribution in [0, 0.1) is 18.3 Å². The molecule has 84 valence electrons. The van der Waals surface area contributed by atoms with E-state index < -0.39 is 0 Å². The molecular weight excluding hydrogens is 214 g/mol. The minimum absolute atomic E-state index is 0.770. The summed E-state index contributed by atoms with van der Waals surface area (Å²) in [7, 11) is 0. The highest BCUT2D eigenvalue weighted by Gasteiger charge is 2.15. The number of hydrogen-bond acceptors (Lipinski definition) is 2. The van der Waals surface area contributed by atoms with Crippen molar-refractivity contribution in [3.05, 3.63) is 34.9 Å². The van der Waals surface area contributed by atoms with Crippen LogP contribution in [0.15, 0.2) is 18.2 Å². The number of thioether (sulfide) groups is 1. The third kappa shape index (κ3) is 2.80. The second kappa shape index (κ2) is 5.41. The van der Waals surface area contributed by atoms with Crippen LogP contribution in [0.1, 0.15) is 42.4 Å². The summed E-state index contributed by atoms with van der Waals surface area (Å²) in [6.45, 7) is 2.10. The third-order valence-corrected chi connectivity index (χ3v) is 4.67. The zero-order valence-corrected chi connectivity index (χ0v) is 10.5. The maximum absolute atomic E-state index is 8.80. The second-order valence-corrected chi connectivity index (χ2v) is 5.76. The summed E-state index contributed by atoms with van der Waals surface area (Å²) in [5, 5.41) is 9.67. The van der Waals surface area contributed by atoms with Crippen LogP contribution in [0.25, 0.3) is 0 Å². The van der Waals surface area contributed by atoms with Crippen LogP contribution in [0.4, 0.5) is 0 Å². The van der Waals surface area contributed by atoms with E-state index in [0.29, 0.717) is 0 Å². The number of nitrogens with zero attached hydrogens (tertiary/aromatic N) is 1. The molecule has 0 radical (unpaired) electrons. The van der Waals surface area contributed by atoms with Gasteiger partial charge in [-0.15, -0.1) is 0 Å². The molecule has 0 bridgehead atoms. The average Bonchev–Trinajstić information content (AvgIpc) is 2.80. The van der Waals surface area contributed by atoms with Crippen LogP contribution >= 0.6 is 11.8 Å². The van der Waals surface area contributed by atoms with Gasteiger partial charge in [0, 0.05) is 11.0 Å². The molecule has 0 amide bonds. The van der Waals surface area contributed by atoms with Crippen molar-refractivity contribution in [2.24, 2.45) is 0 Å². The number of aryl methyl sites for hydroxylation is 1. The highest BCUT2D eigenvalue weighted by Crippen LogP contribution is 2.32. The first-order chi connectivity index (χ1) is 7.79. The van der Waals surface area contributed by atoms with E-state index in [4.69, 9.17) is 5.26 Å². The quantitative estimate of drug-likeness (QED) is 0.783. The van der Waals surface area contributed by atoms with E-state index in [1.807, 2.05) is 12.1 Å². The van der Waals surface area contributed by atoms with Gasteiger partial charge < -0.3 is 0 Å². The van der Waals surface area contributed by atoms with Crippen molar-refractivity contribution < 1.29 is 0 Å². The first kappa shape index (κ1) is 11.5. The van der Waals surface area contributed by atoms with E-state index in [0.717, 1.165) is 16.6 Å². The van der Waals surface area contributed by atoms with Crippen molar-refractivity contribution in [3.63, 3.8) is 0 Å². The monoisotopic (exact) mass is 231 g/mol. The molecule has 1 aliphatic rings. The fourth-order valence-corrected chi connectivity index (χ4v) is 3.60. The predicted octanol–water partition coefficient (Wildman–Crippen LogP) is 4.04. The van der Waals surface area contributed by atoms with Gasteiger partial charge in [0.15, 0.2) is 0 Å². The number of benzene rings is 1. The summed E-state index contributed by atoms with van der Waals surface area (Å²) in [5.41, 5.74) is 3.41. The number of rotatable bonds is 3. The van der Waals surface area contributed by atoms with Gasteiger partial charge in [-0.25, -0.2) is 0 Å². The molecule has 0 atom stereocenters. The smallest absolute Gasteiger partial charge is 0.0991 e. The molecule has 1 aliphatic carbocycles. The van der Waals surface area contributed by atoms with Gasteiger partial charge in [-0.2, -0.15) is 17.0 Å². The Morgan fingerprint density at radius 3 is 2.75 bits per heavy atom. The predicted molar refractivity (Wildman–Crippen MR) is 69.4 cm³/mol.